The number of aromatic amines is 1. The number of benzene rings is 1. The normalized spacial score (nSPS) is 12.8. The third-order valence-corrected chi connectivity index (χ3v) is 4.79. The molecule has 1 N–H and O–H groups in total. The van der Waals surface area contributed by atoms with Crippen molar-refractivity contribution < 1.29 is 0 Å². The number of hydrogen-bond acceptors (Lipinski definition) is 3. The lowest BCUT2D eigenvalue weighted by atomic mass is 10.1. The number of H-pyrrole nitrogens is 1. The zero-order chi connectivity index (χ0) is 14.3. The molecule has 102 valence electrons. The van der Waals surface area contributed by atoms with Crippen molar-refractivity contribution >= 4 is 55.7 Å². The van der Waals surface area contributed by atoms with Crippen LogP contribution in [-0.4, -0.2) is 9.97 Å². The molecule has 2 aromatic heterocycles. The maximum atomic E-state index is 12.3. The minimum Gasteiger partial charge on any atom is -0.309 e. The first-order valence-corrected chi connectivity index (χ1v) is 8.37. The van der Waals surface area contributed by atoms with Gasteiger partial charge in [0, 0.05) is 14.5 Å². The second kappa shape index (κ2) is 5.46. The van der Waals surface area contributed by atoms with Crippen molar-refractivity contribution in [1.82, 2.24) is 9.97 Å². The summed E-state index contributed by atoms with van der Waals surface area (Å²) < 4.78 is 1.16. The van der Waals surface area contributed by atoms with E-state index in [1.54, 1.807) is 6.92 Å². The summed E-state index contributed by atoms with van der Waals surface area (Å²) in [5.74, 6) is 0.514. The topological polar surface area (TPSA) is 45.8 Å². The Morgan fingerprint density at radius 2 is 2.05 bits per heavy atom. The zero-order valence-corrected chi connectivity index (χ0v) is 14.2. The van der Waals surface area contributed by atoms with Crippen molar-refractivity contribution in [3.05, 3.63) is 49.4 Å². The van der Waals surface area contributed by atoms with Crippen molar-refractivity contribution in [1.29, 1.82) is 0 Å². The first kappa shape index (κ1) is 14.0. The lowest BCUT2D eigenvalue weighted by Crippen LogP contribution is -2.11. The van der Waals surface area contributed by atoms with Gasteiger partial charge in [-0.15, -0.1) is 22.9 Å². The quantitative estimate of drug-likeness (QED) is 0.492. The molecule has 0 saturated carbocycles. The van der Waals surface area contributed by atoms with Gasteiger partial charge in [0.2, 0.25) is 0 Å². The predicted molar refractivity (Wildman–Crippen MR) is 92.7 cm³/mol. The summed E-state index contributed by atoms with van der Waals surface area (Å²) in [4.78, 5) is 20.2. The number of aromatic nitrogens is 2. The lowest BCUT2D eigenvalue weighted by molar-refractivity contribution is 0.917. The van der Waals surface area contributed by atoms with Crippen LogP contribution in [0.25, 0.3) is 21.3 Å². The van der Waals surface area contributed by atoms with E-state index in [0.717, 1.165) is 19.5 Å². The third kappa shape index (κ3) is 2.49. The van der Waals surface area contributed by atoms with Crippen LogP contribution in [0.4, 0.5) is 0 Å². The molecule has 1 aromatic carbocycles. The van der Waals surface area contributed by atoms with E-state index in [0.29, 0.717) is 11.2 Å². The van der Waals surface area contributed by atoms with E-state index in [-0.39, 0.29) is 10.9 Å². The van der Waals surface area contributed by atoms with Gasteiger partial charge in [0.15, 0.2) is 0 Å². The van der Waals surface area contributed by atoms with Crippen LogP contribution in [0, 0.1) is 3.57 Å². The first-order valence-electron chi connectivity index (χ1n) is 5.97. The van der Waals surface area contributed by atoms with Crippen LogP contribution in [0.2, 0.25) is 0 Å². The maximum absolute atomic E-state index is 12.3. The molecule has 1 unspecified atom stereocenters. The molecule has 6 heteroatoms. The maximum Gasteiger partial charge on any atom is 0.260 e. The molecule has 0 aliphatic heterocycles. The average Bonchev–Trinajstić information content (AvgIpc) is 2.84. The second-order valence-electron chi connectivity index (χ2n) is 4.40. The summed E-state index contributed by atoms with van der Waals surface area (Å²) in [6.07, 6.45) is 0. The zero-order valence-electron chi connectivity index (χ0n) is 10.5. The van der Waals surface area contributed by atoms with Gasteiger partial charge < -0.3 is 4.98 Å². The number of halogens is 2. The number of hydrogen-bond donors (Lipinski definition) is 1. The van der Waals surface area contributed by atoms with Crippen molar-refractivity contribution in [2.75, 3.05) is 0 Å². The molecule has 2 heterocycles. The molecule has 3 rings (SSSR count). The minimum atomic E-state index is -0.309. The molecule has 0 amide bonds. The van der Waals surface area contributed by atoms with E-state index in [1.807, 2.05) is 29.6 Å². The Morgan fingerprint density at radius 3 is 2.70 bits per heavy atom. The number of thiophene rings is 1. The van der Waals surface area contributed by atoms with E-state index >= 15 is 0 Å². The van der Waals surface area contributed by atoms with Gasteiger partial charge in [-0.05, 0) is 47.2 Å². The number of alkyl halides is 1. The fourth-order valence-corrected chi connectivity index (χ4v) is 3.41. The van der Waals surface area contributed by atoms with Gasteiger partial charge in [-0.2, -0.15) is 0 Å². The van der Waals surface area contributed by atoms with Crippen LogP contribution in [0.15, 0.2) is 34.4 Å². The third-order valence-electron chi connectivity index (χ3n) is 2.99. The van der Waals surface area contributed by atoms with E-state index in [1.165, 1.54) is 11.3 Å². The Kier molecular flexibility index (Phi) is 3.83. The smallest absolute Gasteiger partial charge is 0.260 e. The molecule has 1 atom stereocenters. The number of nitrogens with zero attached hydrogens (tertiary/aromatic N) is 1. The Labute approximate surface area is 138 Å². The summed E-state index contributed by atoms with van der Waals surface area (Å²) >= 11 is 9.71. The van der Waals surface area contributed by atoms with Crippen LogP contribution >= 0.6 is 45.5 Å². The van der Waals surface area contributed by atoms with E-state index in [9.17, 15) is 4.79 Å². The molecule has 0 saturated heterocycles. The van der Waals surface area contributed by atoms with Crippen LogP contribution in [0.5, 0.6) is 0 Å². The summed E-state index contributed by atoms with van der Waals surface area (Å²) in [5, 5.41) is 2.30. The summed E-state index contributed by atoms with van der Waals surface area (Å²) in [5.41, 5.74) is 1.81. The van der Waals surface area contributed by atoms with Gasteiger partial charge in [0.25, 0.3) is 5.56 Å². The number of fused-ring (bicyclic) bond motifs is 1. The SMILES string of the molecule is CC(Cl)c1nc2scc(-c3ccc(I)cc3)c2c(=O)[nH]1. The van der Waals surface area contributed by atoms with Crippen molar-refractivity contribution in [2.45, 2.75) is 12.3 Å². The molecule has 0 spiro atoms. The number of nitrogens with one attached hydrogen (secondary N) is 1. The minimum absolute atomic E-state index is 0.132. The van der Waals surface area contributed by atoms with Crippen molar-refractivity contribution in [2.24, 2.45) is 0 Å². The highest BCUT2D eigenvalue weighted by Crippen LogP contribution is 2.31. The predicted octanol–water partition coefficient (Wildman–Crippen LogP) is 4.56. The Hall–Kier alpha value is -0.920. The van der Waals surface area contributed by atoms with Crippen LogP contribution in [0.1, 0.15) is 18.1 Å². The standard InChI is InChI=1S/C14H10ClIN2OS/c1-7(15)12-17-13(19)11-10(6-20-14(11)18-12)8-2-4-9(16)5-3-8/h2-7H,1H3,(H,17,18,19). The molecule has 3 nitrogen and oxygen atoms in total. The lowest BCUT2D eigenvalue weighted by Gasteiger charge is -2.03. The van der Waals surface area contributed by atoms with E-state index in [4.69, 9.17) is 11.6 Å². The summed E-state index contributed by atoms with van der Waals surface area (Å²) in [7, 11) is 0. The van der Waals surface area contributed by atoms with Crippen LogP contribution in [-0.2, 0) is 0 Å². The molecule has 0 aliphatic rings. The highest BCUT2D eigenvalue weighted by atomic mass is 127. The largest absolute Gasteiger partial charge is 0.309 e. The van der Waals surface area contributed by atoms with Crippen LogP contribution < -0.4 is 5.56 Å². The summed E-state index contributed by atoms with van der Waals surface area (Å²) in [6.45, 7) is 1.79. The molecule has 0 radical (unpaired) electrons. The van der Waals surface area contributed by atoms with E-state index in [2.05, 4.69) is 32.6 Å². The Balaban J connectivity index is 2.24. The molecular weight excluding hydrogens is 407 g/mol. The molecule has 0 fully saturated rings. The van der Waals surface area contributed by atoms with Crippen LogP contribution in [0.3, 0.4) is 0 Å². The van der Waals surface area contributed by atoms with E-state index < -0.39 is 0 Å². The average molecular weight is 417 g/mol. The van der Waals surface area contributed by atoms with Gasteiger partial charge in [0.1, 0.15) is 10.7 Å². The fourth-order valence-electron chi connectivity index (χ4n) is 2.00. The molecule has 0 aliphatic carbocycles. The van der Waals surface area contributed by atoms with Gasteiger partial charge in [-0.25, -0.2) is 4.98 Å². The second-order valence-corrected chi connectivity index (χ2v) is 7.16. The highest BCUT2D eigenvalue weighted by molar-refractivity contribution is 14.1. The summed E-state index contributed by atoms with van der Waals surface area (Å²) in [6, 6.07) is 8.08. The highest BCUT2D eigenvalue weighted by Gasteiger charge is 2.14. The molecule has 0 bridgehead atoms. The van der Waals surface area contributed by atoms with Crippen molar-refractivity contribution in [3.8, 4) is 11.1 Å². The van der Waals surface area contributed by atoms with Crippen molar-refractivity contribution in [3.63, 3.8) is 0 Å². The molecule has 20 heavy (non-hydrogen) atoms. The number of rotatable bonds is 2. The van der Waals surface area contributed by atoms with Gasteiger partial charge >= 0.3 is 0 Å². The monoisotopic (exact) mass is 416 g/mol. The first-order chi connectivity index (χ1) is 9.56. The Morgan fingerprint density at radius 1 is 1.35 bits per heavy atom. The van der Waals surface area contributed by atoms with Gasteiger partial charge in [-0.3, -0.25) is 4.79 Å². The Bertz CT molecular complexity index is 823. The van der Waals surface area contributed by atoms with Gasteiger partial charge in [-0.1, -0.05) is 12.1 Å². The molecular formula is C14H10ClIN2OS. The molecule has 3 aromatic rings. The fraction of sp³-hybridized carbons (Fsp3) is 0.143. The van der Waals surface area contributed by atoms with Gasteiger partial charge in [0.05, 0.1) is 10.8 Å².